The quantitative estimate of drug-likeness (QED) is 0.586. The van der Waals surface area contributed by atoms with Gasteiger partial charge in [-0.1, -0.05) is 13.8 Å². The Morgan fingerprint density at radius 1 is 1.26 bits per heavy atom. The Kier molecular flexibility index (Phi) is 5.59. The van der Waals surface area contributed by atoms with Crippen LogP contribution in [0.3, 0.4) is 0 Å². The number of piperazine rings is 1. The van der Waals surface area contributed by atoms with E-state index < -0.39 is 0 Å². The number of nitrogens with zero attached hydrogens (tertiary/aromatic N) is 3. The number of ether oxygens (including phenoxy) is 1. The van der Waals surface area contributed by atoms with Crippen molar-refractivity contribution < 1.29 is 4.74 Å². The molecule has 2 fully saturated rings. The summed E-state index contributed by atoms with van der Waals surface area (Å²) in [4.78, 5) is 9.22. The molecule has 1 saturated heterocycles. The highest BCUT2D eigenvalue weighted by Crippen LogP contribution is 2.51. The molecule has 0 amide bonds. The smallest absolute Gasteiger partial charge is 0.191 e. The summed E-state index contributed by atoms with van der Waals surface area (Å²) in [5, 5.41) is 7.08. The standard InChI is InChI=1S/C17H35N5O/c1-16(2)14(10-17(16,3)23-7)20-15(18-4)19-11-13-12-21(5)8-9-22(13)6/h13-14H,8-12H2,1-7H3,(H2,18,19,20). The number of nitrogens with one attached hydrogen (secondary N) is 2. The first-order chi connectivity index (χ1) is 10.7. The van der Waals surface area contributed by atoms with Gasteiger partial charge in [-0.15, -0.1) is 0 Å². The van der Waals surface area contributed by atoms with Gasteiger partial charge in [0.1, 0.15) is 0 Å². The highest BCUT2D eigenvalue weighted by atomic mass is 16.5. The summed E-state index contributed by atoms with van der Waals surface area (Å²) in [5.74, 6) is 0.892. The average molecular weight is 326 g/mol. The molecule has 0 aromatic heterocycles. The minimum Gasteiger partial charge on any atom is -0.378 e. The molecule has 6 nitrogen and oxygen atoms in total. The van der Waals surface area contributed by atoms with E-state index in [-0.39, 0.29) is 11.0 Å². The molecular formula is C17H35N5O. The van der Waals surface area contributed by atoms with E-state index in [1.165, 1.54) is 0 Å². The molecule has 1 aliphatic carbocycles. The third kappa shape index (κ3) is 3.64. The lowest BCUT2D eigenvalue weighted by molar-refractivity contribution is -0.176. The lowest BCUT2D eigenvalue weighted by atomic mass is 9.56. The summed E-state index contributed by atoms with van der Waals surface area (Å²) in [6.07, 6.45) is 1.00. The normalized spacial score (nSPS) is 35.7. The highest BCUT2D eigenvalue weighted by molar-refractivity contribution is 5.80. The van der Waals surface area contributed by atoms with Gasteiger partial charge in [0, 0.05) is 57.8 Å². The van der Waals surface area contributed by atoms with Gasteiger partial charge in [0.2, 0.25) is 0 Å². The maximum Gasteiger partial charge on any atom is 0.191 e. The fourth-order valence-electron chi connectivity index (χ4n) is 3.62. The summed E-state index contributed by atoms with van der Waals surface area (Å²) in [6.45, 7) is 11.0. The molecule has 1 heterocycles. The van der Waals surface area contributed by atoms with Crippen molar-refractivity contribution in [2.24, 2.45) is 10.4 Å². The minimum atomic E-state index is -0.0597. The van der Waals surface area contributed by atoms with E-state index in [0.717, 1.165) is 38.6 Å². The van der Waals surface area contributed by atoms with Crippen molar-refractivity contribution in [2.75, 3.05) is 54.4 Å². The molecule has 2 N–H and O–H groups in total. The van der Waals surface area contributed by atoms with Crippen LogP contribution in [-0.4, -0.2) is 87.9 Å². The second-order valence-corrected chi connectivity index (χ2v) is 7.91. The van der Waals surface area contributed by atoms with Crippen molar-refractivity contribution in [1.82, 2.24) is 20.4 Å². The van der Waals surface area contributed by atoms with Crippen LogP contribution in [0.1, 0.15) is 27.2 Å². The van der Waals surface area contributed by atoms with E-state index in [0.29, 0.717) is 12.1 Å². The minimum absolute atomic E-state index is 0.0597. The molecule has 0 aromatic rings. The Morgan fingerprint density at radius 3 is 2.52 bits per heavy atom. The number of guanidine groups is 1. The summed E-state index contributed by atoms with van der Waals surface area (Å²) < 4.78 is 5.70. The number of rotatable bonds is 4. The van der Waals surface area contributed by atoms with Gasteiger partial charge in [-0.2, -0.15) is 0 Å². The number of methoxy groups -OCH3 is 1. The molecular weight excluding hydrogens is 290 g/mol. The predicted octanol–water partition coefficient (Wildman–Crippen LogP) is 0.601. The summed E-state index contributed by atoms with van der Waals surface area (Å²) in [5.41, 5.74) is 0.0248. The van der Waals surface area contributed by atoms with E-state index in [2.05, 4.69) is 60.3 Å². The zero-order chi connectivity index (χ0) is 17.3. The first-order valence-electron chi connectivity index (χ1n) is 8.64. The van der Waals surface area contributed by atoms with Crippen molar-refractivity contribution in [1.29, 1.82) is 0 Å². The van der Waals surface area contributed by atoms with Crippen LogP contribution in [0.15, 0.2) is 4.99 Å². The molecule has 0 radical (unpaired) electrons. The second kappa shape index (κ2) is 6.95. The van der Waals surface area contributed by atoms with Crippen LogP contribution in [0.5, 0.6) is 0 Å². The Bertz CT molecular complexity index is 439. The molecule has 0 spiro atoms. The monoisotopic (exact) mass is 325 g/mol. The second-order valence-electron chi connectivity index (χ2n) is 7.91. The van der Waals surface area contributed by atoms with Crippen LogP contribution in [0, 0.1) is 5.41 Å². The fourth-order valence-corrected chi connectivity index (χ4v) is 3.62. The van der Waals surface area contributed by atoms with Crippen LogP contribution in [-0.2, 0) is 4.74 Å². The van der Waals surface area contributed by atoms with Crippen LogP contribution in [0.4, 0.5) is 0 Å². The zero-order valence-corrected chi connectivity index (χ0v) is 15.9. The molecule has 3 atom stereocenters. The first kappa shape index (κ1) is 18.5. The van der Waals surface area contributed by atoms with E-state index in [9.17, 15) is 0 Å². The van der Waals surface area contributed by atoms with Crippen LogP contribution in [0.25, 0.3) is 0 Å². The van der Waals surface area contributed by atoms with Gasteiger partial charge in [-0.3, -0.25) is 9.89 Å². The molecule has 6 heteroatoms. The maximum atomic E-state index is 5.70. The highest BCUT2D eigenvalue weighted by Gasteiger charge is 2.58. The molecule has 0 aromatic carbocycles. The first-order valence-corrected chi connectivity index (χ1v) is 8.64. The van der Waals surface area contributed by atoms with Gasteiger partial charge in [0.05, 0.1) is 5.60 Å². The fraction of sp³-hybridized carbons (Fsp3) is 0.941. The number of likely N-dealkylation sites (N-methyl/N-ethyl adjacent to an activating group) is 2. The third-order valence-corrected chi connectivity index (χ3v) is 6.30. The summed E-state index contributed by atoms with van der Waals surface area (Å²) in [6, 6.07) is 0.899. The van der Waals surface area contributed by atoms with Gasteiger partial charge >= 0.3 is 0 Å². The van der Waals surface area contributed by atoms with Crippen molar-refractivity contribution >= 4 is 5.96 Å². The lowest BCUT2D eigenvalue weighted by Crippen LogP contribution is -2.69. The number of hydrogen-bond acceptors (Lipinski definition) is 4. The Balaban J connectivity index is 1.85. The number of aliphatic imine (C=N–C) groups is 1. The Labute approximate surface area is 141 Å². The van der Waals surface area contributed by atoms with E-state index in [1.807, 2.05) is 7.05 Å². The van der Waals surface area contributed by atoms with Gasteiger partial charge in [-0.05, 0) is 27.4 Å². The summed E-state index contributed by atoms with van der Waals surface area (Å²) >= 11 is 0. The van der Waals surface area contributed by atoms with Crippen LogP contribution >= 0.6 is 0 Å². The van der Waals surface area contributed by atoms with Crippen molar-refractivity contribution in [3.8, 4) is 0 Å². The van der Waals surface area contributed by atoms with Gasteiger partial charge in [0.25, 0.3) is 0 Å². The molecule has 23 heavy (non-hydrogen) atoms. The molecule has 3 unspecified atom stereocenters. The summed E-state index contributed by atoms with van der Waals surface area (Å²) in [7, 11) is 8.04. The average Bonchev–Trinajstić information content (AvgIpc) is 2.52. The van der Waals surface area contributed by atoms with Crippen molar-refractivity contribution in [2.45, 2.75) is 44.9 Å². The molecule has 0 bridgehead atoms. The van der Waals surface area contributed by atoms with Crippen LogP contribution < -0.4 is 10.6 Å². The molecule has 2 rings (SSSR count). The van der Waals surface area contributed by atoms with Gasteiger partial charge in [0.15, 0.2) is 5.96 Å². The van der Waals surface area contributed by atoms with Crippen molar-refractivity contribution in [3.63, 3.8) is 0 Å². The van der Waals surface area contributed by atoms with Gasteiger partial charge < -0.3 is 20.3 Å². The maximum absolute atomic E-state index is 5.70. The van der Waals surface area contributed by atoms with Crippen molar-refractivity contribution in [3.05, 3.63) is 0 Å². The Morgan fingerprint density at radius 2 is 1.96 bits per heavy atom. The predicted molar refractivity (Wildman–Crippen MR) is 96.0 cm³/mol. The van der Waals surface area contributed by atoms with E-state index in [4.69, 9.17) is 4.74 Å². The van der Waals surface area contributed by atoms with E-state index in [1.54, 1.807) is 7.11 Å². The Hall–Kier alpha value is -0.850. The largest absolute Gasteiger partial charge is 0.378 e. The SMILES string of the molecule is CN=C(NCC1CN(C)CCN1C)NC1CC(C)(OC)C1(C)C. The number of hydrogen-bond donors (Lipinski definition) is 2. The topological polar surface area (TPSA) is 52.1 Å². The molecule has 1 aliphatic heterocycles. The zero-order valence-electron chi connectivity index (χ0n) is 15.9. The molecule has 134 valence electrons. The molecule has 2 aliphatic rings. The van der Waals surface area contributed by atoms with Gasteiger partial charge in [-0.25, -0.2) is 0 Å². The van der Waals surface area contributed by atoms with E-state index >= 15 is 0 Å². The third-order valence-electron chi connectivity index (χ3n) is 6.30. The van der Waals surface area contributed by atoms with Crippen LogP contribution in [0.2, 0.25) is 0 Å². The molecule has 1 saturated carbocycles. The lowest BCUT2D eigenvalue weighted by Gasteiger charge is -2.59.